The maximum atomic E-state index is 11.5. The first kappa shape index (κ1) is 13.2. The van der Waals surface area contributed by atoms with Crippen LogP contribution < -0.4 is 0 Å². The van der Waals surface area contributed by atoms with Gasteiger partial charge in [0.05, 0.1) is 24.5 Å². The second kappa shape index (κ2) is 5.98. The lowest BCUT2D eigenvalue weighted by Crippen LogP contribution is -2.12. The number of nitrogens with zero attached hydrogens (tertiary/aromatic N) is 1. The van der Waals surface area contributed by atoms with Crippen molar-refractivity contribution >= 4 is 11.9 Å². The van der Waals surface area contributed by atoms with E-state index in [1.165, 1.54) is 12.1 Å². The molecule has 0 radical (unpaired) electrons. The van der Waals surface area contributed by atoms with Gasteiger partial charge in [0.2, 0.25) is 0 Å². The Hall–Kier alpha value is -1.91. The van der Waals surface area contributed by atoms with Gasteiger partial charge in [0.1, 0.15) is 5.69 Å². The molecule has 0 atom stereocenters. The molecular weight excluding hydrogens is 222 g/mol. The Morgan fingerprint density at radius 3 is 2.24 bits per heavy atom. The summed E-state index contributed by atoms with van der Waals surface area (Å²) < 4.78 is 9.67. The summed E-state index contributed by atoms with van der Waals surface area (Å²) in [6, 6.07) is 2.98. The molecule has 0 saturated heterocycles. The van der Waals surface area contributed by atoms with Crippen molar-refractivity contribution in [3.05, 3.63) is 29.1 Å². The fraction of sp³-hybridized carbons (Fsp3) is 0.417. The molecule has 1 aromatic heterocycles. The van der Waals surface area contributed by atoms with Crippen LogP contribution in [0.25, 0.3) is 0 Å². The molecule has 92 valence electrons. The monoisotopic (exact) mass is 237 g/mol. The maximum Gasteiger partial charge on any atom is 0.356 e. The number of hydrogen-bond donors (Lipinski definition) is 0. The first-order chi connectivity index (χ1) is 8.10. The molecule has 0 N–H and O–H groups in total. The van der Waals surface area contributed by atoms with E-state index in [1.54, 1.807) is 20.8 Å². The van der Waals surface area contributed by atoms with Crippen LogP contribution in [0.15, 0.2) is 12.1 Å². The van der Waals surface area contributed by atoms with Crippen molar-refractivity contribution in [3.63, 3.8) is 0 Å². The van der Waals surface area contributed by atoms with Crippen LogP contribution >= 0.6 is 0 Å². The van der Waals surface area contributed by atoms with Crippen molar-refractivity contribution in [2.75, 3.05) is 13.2 Å². The van der Waals surface area contributed by atoms with Crippen LogP contribution in [0.4, 0.5) is 0 Å². The molecule has 1 heterocycles. The predicted molar refractivity (Wildman–Crippen MR) is 60.9 cm³/mol. The molecule has 0 bridgehead atoms. The van der Waals surface area contributed by atoms with Gasteiger partial charge in [-0.3, -0.25) is 0 Å². The quantitative estimate of drug-likeness (QED) is 0.746. The van der Waals surface area contributed by atoms with E-state index in [0.29, 0.717) is 24.5 Å². The summed E-state index contributed by atoms with van der Waals surface area (Å²) >= 11 is 0. The highest BCUT2D eigenvalue weighted by Gasteiger charge is 2.14. The number of carbonyl (C=O) groups excluding carboxylic acids is 2. The summed E-state index contributed by atoms with van der Waals surface area (Å²) in [4.78, 5) is 26.9. The minimum absolute atomic E-state index is 0.192. The number of pyridine rings is 1. The van der Waals surface area contributed by atoms with Gasteiger partial charge in [-0.05, 0) is 32.9 Å². The molecule has 0 aromatic carbocycles. The number of aromatic nitrogens is 1. The minimum Gasteiger partial charge on any atom is -0.462 e. The van der Waals surface area contributed by atoms with Gasteiger partial charge < -0.3 is 9.47 Å². The smallest absolute Gasteiger partial charge is 0.356 e. The van der Waals surface area contributed by atoms with E-state index in [4.69, 9.17) is 9.47 Å². The molecule has 17 heavy (non-hydrogen) atoms. The number of aryl methyl sites for hydroxylation is 1. The average Bonchev–Trinajstić information content (AvgIpc) is 2.29. The van der Waals surface area contributed by atoms with E-state index in [-0.39, 0.29) is 5.69 Å². The minimum atomic E-state index is -0.494. The predicted octanol–water partition coefficient (Wildman–Crippen LogP) is 1.74. The van der Waals surface area contributed by atoms with Gasteiger partial charge in [-0.25, -0.2) is 14.6 Å². The largest absolute Gasteiger partial charge is 0.462 e. The van der Waals surface area contributed by atoms with Crippen molar-refractivity contribution < 1.29 is 19.1 Å². The van der Waals surface area contributed by atoms with E-state index < -0.39 is 11.9 Å². The van der Waals surface area contributed by atoms with E-state index in [2.05, 4.69) is 4.98 Å². The molecule has 5 heteroatoms. The third kappa shape index (κ3) is 3.27. The summed E-state index contributed by atoms with van der Waals surface area (Å²) in [6.07, 6.45) is 0. The summed E-state index contributed by atoms with van der Waals surface area (Å²) in [5, 5.41) is 0. The van der Waals surface area contributed by atoms with Gasteiger partial charge in [0.15, 0.2) is 0 Å². The van der Waals surface area contributed by atoms with Gasteiger partial charge in [-0.15, -0.1) is 0 Å². The Labute approximate surface area is 99.8 Å². The van der Waals surface area contributed by atoms with Gasteiger partial charge in [0, 0.05) is 0 Å². The van der Waals surface area contributed by atoms with Crippen molar-refractivity contribution in [1.29, 1.82) is 0 Å². The zero-order valence-corrected chi connectivity index (χ0v) is 10.1. The van der Waals surface area contributed by atoms with Gasteiger partial charge >= 0.3 is 11.9 Å². The van der Waals surface area contributed by atoms with E-state index in [9.17, 15) is 9.59 Å². The Bertz CT molecular complexity index is 429. The van der Waals surface area contributed by atoms with Gasteiger partial charge in [0.25, 0.3) is 0 Å². The summed E-state index contributed by atoms with van der Waals surface area (Å²) in [5.41, 5.74) is 1.01. The SMILES string of the molecule is CCOC(=O)c1ccc(C(=O)OCC)c(C)n1. The zero-order valence-electron chi connectivity index (χ0n) is 10.1. The van der Waals surface area contributed by atoms with Crippen LogP contribution in [0.1, 0.15) is 40.4 Å². The topological polar surface area (TPSA) is 65.5 Å². The average molecular weight is 237 g/mol. The molecule has 5 nitrogen and oxygen atoms in total. The van der Waals surface area contributed by atoms with Gasteiger partial charge in [-0.2, -0.15) is 0 Å². The lowest BCUT2D eigenvalue weighted by molar-refractivity contribution is 0.0504. The molecule has 0 aliphatic carbocycles. The number of rotatable bonds is 4. The molecule has 1 rings (SSSR count). The molecule has 1 aromatic rings. The van der Waals surface area contributed by atoms with Gasteiger partial charge in [-0.1, -0.05) is 0 Å². The van der Waals surface area contributed by atoms with E-state index in [0.717, 1.165) is 0 Å². The van der Waals surface area contributed by atoms with Crippen LogP contribution in [0.2, 0.25) is 0 Å². The highest BCUT2D eigenvalue weighted by atomic mass is 16.5. The molecule has 0 unspecified atom stereocenters. The van der Waals surface area contributed by atoms with Crippen LogP contribution in [-0.4, -0.2) is 30.1 Å². The molecule has 0 amide bonds. The molecular formula is C12H15NO4. The summed E-state index contributed by atoms with van der Waals surface area (Å²) in [5.74, 6) is -0.932. The fourth-order valence-corrected chi connectivity index (χ4v) is 1.30. The maximum absolute atomic E-state index is 11.5. The first-order valence-electron chi connectivity index (χ1n) is 5.42. The number of carbonyl (C=O) groups is 2. The third-order valence-corrected chi connectivity index (χ3v) is 2.07. The van der Waals surface area contributed by atoms with Crippen LogP contribution in [-0.2, 0) is 9.47 Å². The fourth-order valence-electron chi connectivity index (χ4n) is 1.30. The van der Waals surface area contributed by atoms with Crippen molar-refractivity contribution in [3.8, 4) is 0 Å². The van der Waals surface area contributed by atoms with Crippen LogP contribution in [0, 0.1) is 6.92 Å². The Morgan fingerprint density at radius 2 is 1.71 bits per heavy atom. The molecule has 0 fully saturated rings. The number of ether oxygens (including phenoxy) is 2. The van der Waals surface area contributed by atoms with Crippen LogP contribution in [0.5, 0.6) is 0 Å². The number of hydrogen-bond acceptors (Lipinski definition) is 5. The highest BCUT2D eigenvalue weighted by Crippen LogP contribution is 2.09. The van der Waals surface area contributed by atoms with Crippen molar-refractivity contribution in [1.82, 2.24) is 4.98 Å². The highest BCUT2D eigenvalue weighted by molar-refractivity contribution is 5.92. The second-order valence-corrected chi connectivity index (χ2v) is 3.27. The van der Waals surface area contributed by atoms with Crippen LogP contribution in [0.3, 0.4) is 0 Å². The number of esters is 2. The molecule has 0 aliphatic heterocycles. The zero-order chi connectivity index (χ0) is 12.8. The Kier molecular flexibility index (Phi) is 4.63. The van der Waals surface area contributed by atoms with Crippen molar-refractivity contribution in [2.45, 2.75) is 20.8 Å². The van der Waals surface area contributed by atoms with E-state index in [1.807, 2.05) is 0 Å². The van der Waals surface area contributed by atoms with E-state index >= 15 is 0 Å². The van der Waals surface area contributed by atoms with Crippen molar-refractivity contribution in [2.24, 2.45) is 0 Å². The Morgan fingerprint density at radius 1 is 1.12 bits per heavy atom. The lowest BCUT2D eigenvalue weighted by Gasteiger charge is -2.06. The molecule has 0 spiro atoms. The summed E-state index contributed by atoms with van der Waals surface area (Å²) in [7, 11) is 0. The third-order valence-electron chi connectivity index (χ3n) is 2.07. The summed E-state index contributed by atoms with van der Waals surface area (Å²) in [6.45, 7) is 5.69. The lowest BCUT2D eigenvalue weighted by atomic mass is 10.2. The standard InChI is InChI=1S/C12H15NO4/c1-4-16-11(14)9-6-7-10(13-8(9)3)12(15)17-5-2/h6-7H,4-5H2,1-3H3. The Balaban J connectivity index is 2.93. The first-order valence-corrected chi connectivity index (χ1v) is 5.42. The normalized spacial score (nSPS) is 9.82. The second-order valence-electron chi connectivity index (χ2n) is 3.27. The molecule has 0 saturated carbocycles. The molecule has 0 aliphatic rings.